The van der Waals surface area contributed by atoms with E-state index in [1.165, 1.54) is 12.1 Å². The average Bonchev–Trinajstić information content (AvgIpc) is 2.39. The van der Waals surface area contributed by atoms with E-state index in [4.69, 9.17) is 11.6 Å². The van der Waals surface area contributed by atoms with Crippen molar-refractivity contribution < 1.29 is 9.18 Å². The van der Waals surface area contributed by atoms with Crippen LogP contribution < -0.4 is 10.2 Å². The van der Waals surface area contributed by atoms with Gasteiger partial charge in [0, 0.05) is 25.5 Å². The van der Waals surface area contributed by atoms with E-state index in [9.17, 15) is 9.18 Å². The number of nitrogens with one attached hydrogen (secondary N) is 1. The van der Waals surface area contributed by atoms with Crippen molar-refractivity contribution >= 4 is 28.9 Å². The molecule has 0 unspecified atom stereocenters. The number of rotatable bonds is 3. The molecule has 0 aromatic heterocycles. The van der Waals surface area contributed by atoms with Crippen molar-refractivity contribution in [1.29, 1.82) is 0 Å². The Morgan fingerprint density at radius 1 is 1.15 bits per heavy atom. The third-order valence-electron chi connectivity index (χ3n) is 2.82. The second kappa shape index (κ2) is 5.92. The molecule has 0 spiro atoms. The molecule has 0 aliphatic rings. The monoisotopic (exact) mass is 292 g/mol. The Bertz CT molecular complexity index is 626. The van der Waals surface area contributed by atoms with Crippen LogP contribution in [0.4, 0.5) is 15.8 Å². The van der Waals surface area contributed by atoms with Gasteiger partial charge in [-0.15, -0.1) is 0 Å². The second-order valence-electron chi connectivity index (χ2n) is 4.52. The summed E-state index contributed by atoms with van der Waals surface area (Å²) in [6.45, 7) is 0. The summed E-state index contributed by atoms with van der Waals surface area (Å²) in [6.07, 6.45) is 0. The first-order valence-corrected chi connectivity index (χ1v) is 6.39. The summed E-state index contributed by atoms with van der Waals surface area (Å²) >= 11 is 5.85. The number of carbonyl (C=O) groups is 1. The van der Waals surface area contributed by atoms with Crippen LogP contribution in [0.15, 0.2) is 42.5 Å². The summed E-state index contributed by atoms with van der Waals surface area (Å²) in [6, 6.07) is 11.1. The molecule has 0 heterocycles. The maximum Gasteiger partial charge on any atom is 0.257 e. The van der Waals surface area contributed by atoms with Gasteiger partial charge in [-0.05, 0) is 42.5 Å². The van der Waals surface area contributed by atoms with Crippen molar-refractivity contribution in [2.75, 3.05) is 24.3 Å². The second-order valence-corrected chi connectivity index (χ2v) is 4.93. The molecule has 0 saturated carbocycles. The Morgan fingerprint density at radius 3 is 2.35 bits per heavy atom. The highest BCUT2D eigenvalue weighted by molar-refractivity contribution is 6.34. The standard InChI is InChI=1S/C15H14ClFN2O/c1-19(2)12-6-4-11(5-7-12)18-15(20)13-8-3-10(17)9-14(13)16/h3-9H,1-2H3,(H,18,20). The number of benzene rings is 2. The van der Waals surface area contributed by atoms with Crippen LogP contribution in [0.3, 0.4) is 0 Å². The van der Waals surface area contributed by atoms with E-state index in [1.807, 2.05) is 31.1 Å². The van der Waals surface area contributed by atoms with Crippen molar-refractivity contribution in [3.8, 4) is 0 Å². The number of hydrogen-bond acceptors (Lipinski definition) is 2. The van der Waals surface area contributed by atoms with Crippen LogP contribution in [0.2, 0.25) is 5.02 Å². The molecule has 0 atom stereocenters. The first-order valence-electron chi connectivity index (χ1n) is 6.01. The third kappa shape index (κ3) is 3.27. The van der Waals surface area contributed by atoms with E-state index < -0.39 is 5.82 Å². The molecule has 2 rings (SSSR count). The number of amides is 1. The maximum atomic E-state index is 12.9. The fourth-order valence-corrected chi connectivity index (χ4v) is 1.97. The van der Waals surface area contributed by atoms with Crippen molar-refractivity contribution in [2.45, 2.75) is 0 Å². The van der Waals surface area contributed by atoms with Crippen LogP contribution in [-0.4, -0.2) is 20.0 Å². The Balaban J connectivity index is 2.15. The van der Waals surface area contributed by atoms with Crippen molar-refractivity contribution in [3.63, 3.8) is 0 Å². The lowest BCUT2D eigenvalue weighted by atomic mass is 10.2. The number of nitrogens with zero attached hydrogens (tertiary/aromatic N) is 1. The minimum absolute atomic E-state index is 0.0902. The molecule has 3 nitrogen and oxygen atoms in total. The summed E-state index contributed by atoms with van der Waals surface area (Å²) < 4.78 is 12.9. The predicted octanol–water partition coefficient (Wildman–Crippen LogP) is 3.80. The van der Waals surface area contributed by atoms with Gasteiger partial charge in [0.05, 0.1) is 10.6 Å². The molecule has 2 aromatic rings. The van der Waals surface area contributed by atoms with Crippen LogP contribution in [-0.2, 0) is 0 Å². The van der Waals surface area contributed by atoms with Crippen molar-refractivity contribution in [3.05, 3.63) is 58.9 Å². The van der Waals surface area contributed by atoms with Gasteiger partial charge in [0.2, 0.25) is 0 Å². The number of hydrogen-bond donors (Lipinski definition) is 1. The van der Waals surface area contributed by atoms with Crippen LogP contribution in [0, 0.1) is 5.82 Å². The van der Waals surface area contributed by atoms with E-state index in [1.54, 1.807) is 12.1 Å². The first-order chi connectivity index (χ1) is 9.47. The van der Waals surface area contributed by atoms with Crippen molar-refractivity contribution in [2.24, 2.45) is 0 Å². The highest BCUT2D eigenvalue weighted by atomic mass is 35.5. The van der Waals surface area contributed by atoms with E-state index in [0.29, 0.717) is 5.69 Å². The van der Waals surface area contributed by atoms with E-state index in [0.717, 1.165) is 11.8 Å². The fraction of sp³-hybridized carbons (Fsp3) is 0.133. The zero-order valence-electron chi connectivity index (χ0n) is 11.2. The van der Waals surface area contributed by atoms with E-state index in [-0.39, 0.29) is 16.5 Å². The van der Waals surface area contributed by atoms with E-state index in [2.05, 4.69) is 5.32 Å². The molecule has 0 fully saturated rings. The fourth-order valence-electron chi connectivity index (χ4n) is 1.71. The average molecular weight is 293 g/mol. The summed E-state index contributed by atoms with van der Waals surface area (Å²) in [7, 11) is 3.87. The molecule has 0 bridgehead atoms. The number of carbonyl (C=O) groups excluding carboxylic acids is 1. The predicted molar refractivity (Wildman–Crippen MR) is 80.1 cm³/mol. The van der Waals surface area contributed by atoms with Gasteiger partial charge < -0.3 is 10.2 Å². The van der Waals surface area contributed by atoms with Crippen molar-refractivity contribution in [1.82, 2.24) is 0 Å². The topological polar surface area (TPSA) is 32.3 Å². The number of halogens is 2. The largest absolute Gasteiger partial charge is 0.378 e. The SMILES string of the molecule is CN(C)c1ccc(NC(=O)c2ccc(F)cc2Cl)cc1. The molecule has 20 heavy (non-hydrogen) atoms. The molecular weight excluding hydrogens is 279 g/mol. The lowest BCUT2D eigenvalue weighted by Crippen LogP contribution is -2.13. The molecule has 0 aliphatic heterocycles. The Labute approximate surface area is 122 Å². The zero-order chi connectivity index (χ0) is 14.7. The minimum atomic E-state index is -0.470. The maximum absolute atomic E-state index is 12.9. The molecule has 104 valence electrons. The summed E-state index contributed by atoms with van der Waals surface area (Å²) in [4.78, 5) is 14.0. The Kier molecular flexibility index (Phi) is 4.25. The van der Waals surface area contributed by atoms with Crippen LogP contribution >= 0.6 is 11.6 Å². The first kappa shape index (κ1) is 14.3. The Morgan fingerprint density at radius 2 is 1.80 bits per heavy atom. The highest BCUT2D eigenvalue weighted by Gasteiger charge is 2.11. The summed E-state index contributed by atoms with van der Waals surface area (Å²) in [5.41, 5.74) is 1.92. The number of anilines is 2. The molecule has 5 heteroatoms. The summed E-state index contributed by atoms with van der Waals surface area (Å²) in [5.74, 6) is -0.838. The molecule has 0 aliphatic carbocycles. The van der Waals surface area contributed by atoms with Gasteiger partial charge in [0.15, 0.2) is 0 Å². The molecule has 2 aromatic carbocycles. The lowest BCUT2D eigenvalue weighted by Gasteiger charge is -2.13. The zero-order valence-corrected chi connectivity index (χ0v) is 11.9. The molecule has 0 saturated heterocycles. The van der Waals surface area contributed by atoms with Gasteiger partial charge in [-0.2, -0.15) is 0 Å². The molecule has 1 amide bonds. The molecular formula is C15H14ClFN2O. The normalized spacial score (nSPS) is 10.2. The third-order valence-corrected chi connectivity index (χ3v) is 3.13. The minimum Gasteiger partial charge on any atom is -0.378 e. The smallest absolute Gasteiger partial charge is 0.257 e. The quantitative estimate of drug-likeness (QED) is 0.933. The summed E-state index contributed by atoms with van der Waals surface area (Å²) in [5, 5.41) is 2.81. The highest BCUT2D eigenvalue weighted by Crippen LogP contribution is 2.20. The van der Waals surface area contributed by atoms with Crippen LogP contribution in [0.1, 0.15) is 10.4 Å². The van der Waals surface area contributed by atoms with Gasteiger partial charge in [0.25, 0.3) is 5.91 Å². The molecule has 0 radical (unpaired) electrons. The van der Waals surface area contributed by atoms with Gasteiger partial charge in [-0.25, -0.2) is 4.39 Å². The Hall–Kier alpha value is -2.07. The lowest BCUT2D eigenvalue weighted by molar-refractivity contribution is 0.102. The van der Waals surface area contributed by atoms with Gasteiger partial charge in [-0.3, -0.25) is 4.79 Å². The van der Waals surface area contributed by atoms with Gasteiger partial charge in [-0.1, -0.05) is 11.6 Å². The van der Waals surface area contributed by atoms with Crippen LogP contribution in [0.5, 0.6) is 0 Å². The van der Waals surface area contributed by atoms with Gasteiger partial charge >= 0.3 is 0 Å². The van der Waals surface area contributed by atoms with Crippen LogP contribution in [0.25, 0.3) is 0 Å². The molecule has 1 N–H and O–H groups in total. The van der Waals surface area contributed by atoms with E-state index >= 15 is 0 Å². The van der Waals surface area contributed by atoms with Gasteiger partial charge in [0.1, 0.15) is 5.82 Å².